The van der Waals surface area contributed by atoms with Gasteiger partial charge in [-0.25, -0.2) is 0 Å². The van der Waals surface area contributed by atoms with Gasteiger partial charge in [0.15, 0.2) is 0 Å². The monoisotopic (exact) mass is 198 g/mol. The van der Waals surface area contributed by atoms with Gasteiger partial charge in [0.25, 0.3) is 0 Å². The molecule has 0 spiro atoms. The van der Waals surface area contributed by atoms with Crippen molar-refractivity contribution in [3.8, 4) is 0 Å². The van der Waals surface area contributed by atoms with Crippen LogP contribution in [0, 0.1) is 5.92 Å². The Labute approximate surface area is 84.4 Å². The van der Waals surface area contributed by atoms with E-state index in [0.29, 0.717) is 0 Å². The van der Waals surface area contributed by atoms with Crippen molar-refractivity contribution < 1.29 is 0 Å². The predicted octanol–water partition coefficient (Wildman–Crippen LogP) is 2.67. The molecule has 1 aromatic rings. The largest absolute Gasteiger partial charge is 0.312 e. The smallest absolute Gasteiger partial charge is 0.0794 e. The topological polar surface area (TPSA) is 24.9 Å². The van der Waals surface area contributed by atoms with Gasteiger partial charge in [-0.2, -0.15) is 0 Å². The van der Waals surface area contributed by atoms with Gasteiger partial charge in [-0.05, 0) is 18.9 Å². The van der Waals surface area contributed by atoms with Crippen molar-refractivity contribution in [1.29, 1.82) is 0 Å². The molecule has 0 amide bonds. The molecule has 74 valence electrons. The Morgan fingerprint density at radius 3 is 3.08 bits per heavy atom. The summed E-state index contributed by atoms with van der Waals surface area (Å²) >= 11 is 1.71. The molecule has 1 aromatic heterocycles. The highest BCUT2D eigenvalue weighted by molar-refractivity contribution is 7.09. The van der Waals surface area contributed by atoms with Gasteiger partial charge in [-0.15, -0.1) is 11.3 Å². The zero-order chi connectivity index (χ0) is 9.52. The van der Waals surface area contributed by atoms with E-state index in [4.69, 9.17) is 0 Å². The van der Waals surface area contributed by atoms with Gasteiger partial charge in [0.05, 0.1) is 5.51 Å². The second kappa shape index (κ2) is 6.11. The summed E-state index contributed by atoms with van der Waals surface area (Å²) in [6, 6.07) is 0. The highest BCUT2D eigenvalue weighted by atomic mass is 32.1. The lowest BCUT2D eigenvalue weighted by Gasteiger charge is -2.09. The number of nitrogens with one attached hydrogen (secondary N) is 1. The fourth-order valence-corrected chi connectivity index (χ4v) is 1.93. The highest BCUT2D eigenvalue weighted by Crippen LogP contribution is 2.06. The first-order valence-corrected chi connectivity index (χ1v) is 5.79. The van der Waals surface area contributed by atoms with Crippen molar-refractivity contribution in [1.82, 2.24) is 10.3 Å². The maximum Gasteiger partial charge on any atom is 0.0794 e. The van der Waals surface area contributed by atoms with Crippen LogP contribution in [0.25, 0.3) is 0 Å². The van der Waals surface area contributed by atoms with E-state index in [1.165, 1.54) is 17.7 Å². The lowest BCUT2D eigenvalue weighted by atomic mass is 10.1. The molecule has 0 fully saturated rings. The summed E-state index contributed by atoms with van der Waals surface area (Å²) in [5.41, 5.74) is 1.88. The van der Waals surface area contributed by atoms with Crippen molar-refractivity contribution >= 4 is 11.3 Å². The summed E-state index contributed by atoms with van der Waals surface area (Å²) in [5.74, 6) is 0.790. The molecule has 13 heavy (non-hydrogen) atoms. The van der Waals surface area contributed by atoms with E-state index in [2.05, 4.69) is 24.1 Å². The van der Waals surface area contributed by atoms with Crippen LogP contribution >= 0.6 is 11.3 Å². The summed E-state index contributed by atoms with van der Waals surface area (Å²) in [7, 11) is 0. The highest BCUT2D eigenvalue weighted by Gasteiger charge is 2.00. The van der Waals surface area contributed by atoms with E-state index in [9.17, 15) is 0 Å². The zero-order valence-corrected chi connectivity index (χ0v) is 9.23. The number of aromatic nitrogens is 1. The number of thiazole rings is 1. The third-order valence-electron chi connectivity index (χ3n) is 2.06. The van der Waals surface area contributed by atoms with Gasteiger partial charge >= 0.3 is 0 Å². The summed E-state index contributed by atoms with van der Waals surface area (Å²) in [6.07, 6.45) is 4.53. The molecule has 0 bridgehead atoms. The maximum absolute atomic E-state index is 4.03. The third-order valence-corrected chi connectivity index (χ3v) is 2.84. The average Bonchev–Trinajstić information content (AvgIpc) is 2.57. The van der Waals surface area contributed by atoms with Gasteiger partial charge in [-0.1, -0.05) is 20.3 Å². The maximum atomic E-state index is 4.03. The molecule has 3 heteroatoms. The Bertz CT molecular complexity index is 209. The van der Waals surface area contributed by atoms with E-state index in [1.54, 1.807) is 11.3 Å². The molecule has 0 aliphatic carbocycles. The van der Waals surface area contributed by atoms with Crippen molar-refractivity contribution in [2.75, 3.05) is 6.54 Å². The molecule has 0 aliphatic rings. The van der Waals surface area contributed by atoms with Crippen LogP contribution in [0.3, 0.4) is 0 Å². The standard InChI is InChI=1S/C10H18N2S/c1-3-4-9(2)5-11-6-10-7-12-8-13-10/h7-9,11H,3-6H2,1-2H3. The molecule has 0 radical (unpaired) electrons. The summed E-state index contributed by atoms with van der Waals surface area (Å²) in [6.45, 7) is 6.62. The molecule has 1 N–H and O–H groups in total. The normalized spacial score (nSPS) is 13.1. The van der Waals surface area contributed by atoms with Crippen LogP contribution in [0.5, 0.6) is 0 Å². The Kier molecular flexibility index (Phi) is 5.01. The summed E-state index contributed by atoms with van der Waals surface area (Å²) in [5, 5.41) is 3.44. The van der Waals surface area contributed by atoms with Gasteiger partial charge in [-0.3, -0.25) is 4.98 Å². The molecule has 0 saturated carbocycles. The zero-order valence-electron chi connectivity index (χ0n) is 8.42. The van der Waals surface area contributed by atoms with E-state index < -0.39 is 0 Å². The lowest BCUT2D eigenvalue weighted by Crippen LogP contribution is -2.20. The SMILES string of the molecule is CCCC(C)CNCc1cncs1. The second-order valence-corrected chi connectivity index (χ2v) is 4.46. The molecule has 1 heterocycles. The van der Waals surface area contributed by atoms with Crippen LogP contribution in [-0.2, 0) is 6.54 Å². The average molecular weight is 198 g/mol. The van der Waals surface area contributed by atoms with E-state index in [1.807, 2.05) is 11.7 Å². The number of hydrogen-bond donors (Lipinski definition) is 1. The molecule has 2 nitrogen and oxygen atoms in total. The van der Waals surface area contributed by atoms with Crippen LogP contribution in [0.15, 0.2) is 11.7 Å². The lowest BCUT2D eigenvalue weighted by molar-refractivity contribution is 0.477. The fraction of sp³-hybridized carbons (Fsp3) is 0.700. The molecular weight excluding hydrogens is 180 g/mol. The number of nitrogens with zero attached hydrogens (tertiary/aromatic N) is 1. The molecule has 0 aromatic carbocycles. The Balaban J connectivity index is 2.07. The fourth-order valence-electron chi connectivity index (χ4n) is 1.37. The van der Waals surface area contributed by atoms with Gasteiger partial charge in [0.1, 0.15) is 0 Å². The van der Waals surface area contributed by atoms with E-state index in [0.717, 1.165) is 19.0 Å². The van der Waals surface area contributed by atoms with Crippen molar-refractivity contribution in [3.05, 3.63) is 16.6 Å². The number of rotatable bonds is 6. The summed E-state index contributed by atoms with van der Waals surface area (Å²) < 4.78 is 0. The van der Waals surface area contributed by atoms with Gasteiger partial charge in [0, 0.05) is 17.6 Å². The number of hydrogen-bond acceptors (Lipinski definition) is 3. The minimum Gasteiger partial charge on any atom is -0.312 e. The van der Waals surface area contributed by atoms with E-state index >= 15 is 0 Å². The Morgan fingerprint density at radius 2 is 2.46 bits per heavy atom. The molecular formula is C10H18N2S. The van der Waals surface area contributed by atoms with Crippen molar-refractivity contribution in [2.24, 2.45) is 5.92 Å². The van der Waals surface area contributed by atoms with Crippen LogP contribution in [0.1, 0.15) is 31.6 Å². The van der Waals surface area contributed by atoms with Crippen molar-refractivity contribution in [2.45, 2.75) is 33.2 Å². The quantitative estimate of drug-likeness (QED) is 0.760. The first-order valence-electron chi connectivity index (χ1n) is 4.91. The van der Waals surface area contributed by atoms with Gasteiger partial charge < -0.3 is 5.32 Å². The minimum atomic E-state index is 0.790. The van der Waals surface area contributed by atoms with E-state index in [-0.39, 0.29) is 0 Å². The Morgan fingerprint density at radius 1 is 1.62 bits per heavy atom. The first-order chi connectivity index (χ1) is 6.33. The molecule has 0 saturated heterocycles. The predicted molar refractivity (Wildman–Crippen MR) is 57.9 cm³/mol. The van der Waals surface area contributed by atoms with Gasteiger partial charge in [0.2, 0.25) is 0 Å². The minimum absolute atomic E-state index is 0.790. The first kappa shape index (κ1) is 10.7. The van der Waals surface area contributed by atoms with Crippen LogP contribution in [0.2, 0.25) is 0 Å². The molecule has 0 aliphatic heterocycles. The third kappa shape index (κ3) is 4.39. The Hall–Kier alpha value is -0.410. The molecule has 1 rings (SSSR count). The molecule has 1 unspecified atom stereocenters. The van der Waals surface area contributed by atoms with Crippen LogP contribution < -0.4 is 5.32 Å². The second-order valence-electron chi connectivity index (χ2n) is 3.49. The molecule has 1 atom stereocenters. The van der Waals surface area contributed by atoms with Crippen LogP contribution in [0.4, 0.5) is 0 Å². The van der Waals surface area contributed by atoms with Crippen LogP contribution in [-0.4, -0.2) is 11.5 Å². The van der Waals surface area contributed by atoms with Crippen molar-refractivity contribution in [3.63, 3.8) is 0 Å². The summed E-state index contributed by atoms with van der Waals surface area (Å²) in [4.78, 5) is 5.36.